The van der Waals surface area contributed by atoms with Crippen LogP contribution < -0.4 is 5.32 Å². The number of imidazole rings is 1. The molecular weight excluding hydrogens is 258 g/mol. The van der Waals surface area contributed by atoms with Gasteiger partial charge >= 0.3 is 0 Å². The molecule has 0 radical (unpaired) electrons. The van der Waals surface area contributed by atoms with Gasteiger partial charge < -0.3 is 14.2 Å². The Labute approximate surface area is 116 Å². The van der Waals surface area contributed by atoms with Crippen LogP contribution in [-0.4, -0.2) is 32.8 Å². The van der Waals surface area contributed by atoms with Crippen LogP contribution in [0.25, 0.3) is 0 Å². The maximum Gasteiger partial charge on any atom is 0.244 e. The molecule has 0 amide bonds. The molecule has 0 aromatic carbocycles. The number of nitrogens with one attached hydrogen (secondary N) is 2. The van der Waals surface area contributed by atoms with Gasteiger partial charge in [-0.3, -0.25) is 5.32 Å². The number of fused-ring (bicyclic) bond motifs is 1. The highest BCUT2D eigenvalue weighted by atomic mass is 16.5. The molecule has 1 saturated heterocycles. The van der Waals surface area contributed by atoms with E-state index < -0.39 is 0 Å². The van der Waals surface area contributed by atoms with Crippen LogP contribution in [0.4, 0.5) is 0 Å². The summed E-state index contributed by atoms with van der Waals surface area (Å²) >= 11 is 0. The van der Waals surface area contributed by atoms with E-state index in [2.05, 4.69) is 25.4 Å². The van der Waals surface area contributed by atoms with Crippen molar-refractivity contribution < 1.29 is 9.26 Å². The second-order valence-corrected chi connectivity index (χ2v) is 5.35. The molecule has 20 heavy (non-hydrogen) atoms. The van der Waals surface area contributed by atoms with Crippen molar-refractivity contribution in [3.8, 4) is 0 Å². The van der Waals surface area contributed by atoms with Crippen LogP contribution in [0.3, 0.4) is 0 Å². The normalized spacial score (nSPS) is 25.8. The predicted octanol–water partition coefficient (Wildman–Crippen LogP) is 0.901. The van der Waals surface area contributed by atoms with Crippen LogP contribution >= 0.6 is 0 Å². The van der Waals surface area contributed by atoms with E-state index >= 15 is 0 Å². The molecule has 4 heterocycles. The first kappa shape index (κ1) is 12.0. The van der Waals surface area contributed by atoms with E-state index in [0.717, 1.165) is 56.0 Å². The molecule has 0 bridgehead atoms. The lowest BCUT2D eigenvalue weighted by Crippen LogP contribution is -2.28. The lowest BCUT2D eigenvalue weighted by Gasteiger charge is -2.19. The zero-order valence-corrected chi connectivity index (χ0v) is 11.1. The van der Waals surface area contributed by atoms with Gasteiger partial charge in [0.15, 0.2) is 5.82 Å². The number of aromatic nitrogens is 4. The quantitative estimate of drug-likeness (QED) is 0.865. The average molecular weight is 275 g/mol. The molecule has 2 atom stereocenters. The van der Waals surface area contributed by atoms with E-state index in [-0.39, 0.29) is 12.1 Å². The van der Waals surface area contributed by atoms with Crippen LogP contribution in [0.5, 0.6) is 0 Å². The summed E-state index contributed by atoms with van der Waals surface area (Å²) in [7, 11) is 0. The van der Waals surface area contributed by atoms with Gasteiger partial charge in [0.1, 0.15) is 0 Å². The molecule has 0 aliphatic carbocycles. The lowest BCUT2D eigenvalue weighted by atomic mass is 10.1. The van der Waals surface area contributed by atoms with E-state index in [9.17, 15) is 0 Å². The summed E-state index contributed by atoms with van der Waals surface area (Å²) in [6, 6.07) is 0.0524. The van der Waals surface area contributed by atoms with Crippen LogP contribution in [-0.2, 0) is 24.1 Å². The molecule has 2 N–H and O–H groups in total. The molecule has 2 aliphatic heterocycles. The molecule has 106 valence electrons. The van der Waals surface area contributed by atoms with Crippen LogP contribution in [0.2, 0.25) is 0 Å². The highest BCUT2D eigenvalue weighted by molar-refractivity contribution is 5.17. The SMILES string of the molecule is c1nc2c([nH]1)CNC(c1nc(CC3CCCO3)no1)C2. The van der Waals surface area contributed by atoms with Crippen molar-refractivity contribution in [3.05, 3.63) is 29.4 Å². The largest absolute Gasteiger partial charge is 0.378 e. The second kappa shape index (κ2) is 4.99. The Balaban J connectivity index is 1.45. The van der Waals surface area contributed by atoms with E-state index in [1.54, 1.807) is 6.33 Å². The topological polar surface area (TPSA) is 88.9 Å². The van der Waals surface area contributed by atoms with Crippen LogP contribution in [0, 0.1) is 0 Å². The van der Waals surface area contributed by atoms with Crippen molar-refractivity contribution in [2.24, 2.45) is 0 Å². The van der Waals surface area contributed by atoms with Crippen molar-refractivity contribution in [2.75, 3.05) is 6.61 Å². The van der Waals surface area contributed by atoms with E-state index in [1.165, 1.54) is 0 Å². The molecule has 0 saturated carbocycles. The van der Waals surface area contributed by atoms with Gasteiger partial charge in [0, 0.05) is 26.0 Å². The summed E-state index contributed by atoms with van der Waals surface area (Å²) in [4.78, 5) is 11.9. The van der Waals surface area contributed by atoms with Crippen LogP contribution in [0.15, 0.2) is 10.9 Å². The molecule has 2 aliphatic rings. The van der Waals surface area contributed by atoms with Crippen LogP contribution in [0.1, 0.15) is 42.0 Å². The van der Waals surface area contributed by atoms with Crippen molar-refractivity contribution in [1.82, 2.24) is 25.4 Å². The molecule has 4 rings (SSSR count). The van der Waals surface area contributed by atoms with Gasteiger partial charge in [-0.25, -0.2) is 4.98 Å². The Bertz CT molecular complexity index is 587. The van der Waals surface area contributed by atoms with Gasteiger partial charge in [0.2, 0.25) is 5.89 Å². The molecular formula is C13H17N5O2. The minimum Gasteiger partial charge on any atom is -0.378 e. The van der Waals surface area contributed by atoms with E-state index in [4.69, 9.17) is 9.26 Å². The number of H-pyrrole nitrogens is 1. The average Bonchev–Trinajstić information content (AvgIpc) is 3.19. The molecule has 7 nitrogen and oxygen atoms in total. The fraction of sp³-hybridized carbons (Fsp3) is 0.615. The highest BCUT2D eigenvalue weighted by Crippen LogP contribution is 2.23. The molecule has 2 unspecified atom stereocenters. The van der Waals surface area contributed by atoms with Gasteiger partial charge in [-0.15, -0.1) is 0 Å². The number of aromatic amines is 1. The summed E-state index contributed by atoms with van der Waals surface area (Å²) in [5.74, 6) is 1.38. The Morgan fingerprint density at radius 1 is 1.40 bits per heavy atom. The molecule has 2 aromatic heterocycles. The second-order valence-electron chi connectivity index (χ2n) is 5.35. The Hall–Kier alpha value is -1.73. The van der Waals surface area contributed by atoms with Gasteiger partial charge in [-0.1, -0.05) is 5.16 Å². The predicted molar refractivity (Wildman–Crippen MR) is 68.8 cm³/mol. The Morgan fingerprint density at radius 3 is 3.30 bits per heavy atom. The number of hydrogen-bond acceptors (Lipinski definition) is 6. The monoisotopic (exact) mass is 275 g/mol. The first-order valence-electron chi connectivity index (χ1n) is 7.07. The molecule has 1 fully saturated rings. The zero-order valence-electron chi connectivity index (χ0n) is 11.1. The number of hydrogen-bond donors (Lipinski definition) is 2. The third-order valence-corrected chi connectivity index (χ3v) is 3.95. The van der Waals surface area contributed by atoms with Gasteiger partial charge in [0.05, 0.1) is 29.9 Å². The Morgan fingerprint density at radius 2 is 2.40 bits per heavy atom. The first-order valence-corrected chi connectivity index (χ1v) is 7.07. The summed E-state index contributed by atoms with van der Waals surface area (Å²) in [5.41, 5.74) is 2.22. The lowest BCUT2D eigenvalue weighted by molar-refractivity contribution is 0.109. The number of ether oxygens (including phenoxy) is 1. The third kappa shape index (κ3) is 2.23. The van der Waals surface area contributed by atoms with E-state index in [0.29, 0.717) is 5.89 Å². The number of rotatable bonds is 3. The maximum atomic E-state index is 5.60. The maximum absolute atomic E-state index is 5.60. The molecule has 7 heteroatoms. The fourth-order valence-corrected chi connectivity index (χ4v) is 2.84. The molecule has 0 spiro atoms. The summed E-state index contributed by atoms with van der Waals surface area (Å²) in [6.07, 6.45) is 5.71. The minimum atomic E-state index is 0.0524. The summed E-state index contributed by atoms with van der Waals surface area (Å²) < 4.78 is 11.0. The van der Waals surface area contributed by atoms with Gasteiger partial charge in [0.25, 0.3) is 0 Å². The molecule has 2 aromatic rings. The minimum absolute atomic E-state index is 0.0524. The van der Waals surface area contributed by atoms with E-state index in [1.807, 2.05) is 0 Å². The van der Waals surface area contributed by atoms with Gasteiger partial charge in [-0.05, 0) is 12.8 Å². The van der Waals surface area contributed by atoms with Crippen molar-refractivity contribution >= 4 is 0 Å². The summed E-state index contributed by atoms with van der Waals surface area (Å²) in [5, 5.41) is 7.45. The zero-order chi connectivity index (χ0) is 13.4. The Kier molecular flexibility index (Phi) is 3.00. The standard InChI is InChI=1S/C13H17N5O2/c1-2-8(19-3-1)4-12-17-13(20-18-12)10-5-9-11(6-14-10)16-7-15-9/h7-8,10,14H,1-6H2,(H,15,16). The smallest absolute Gasteiger partial charge is 0.244 e. The fourth-order valence-electron chi connectivity index (χ4n) is 2.84. The van der Waals surface area contributed by atoms with Crippen molar-refractivity contribution in [3.63, 3.8) is 0 Å². The van der Waals surface area contributed by atoms with Gasteiger partial charge in [-0.2, -0.15) is 4.98 Å². The van der Waals surface area contributed by atoms with Crippen molar-refractivity contribution in [1.29, 1.82) is 0 Å². The first-order chi connectivity index (χ1) is 9.88. The third-order valence-electron chi connectivity index (χ3n) is 3.95. The summed E-state index contributed by atoms with van der Waals surface area (Å²) in [6.45, 7) is 1.60. The number of nitrogens with zero attached hydrogens (tertiary/aromatic N) is 3. The highest BCUT2D eigenvalue weighted by Gasteiger charge is 2.27. The van der Waals surface area contributed by atoms with Crippen molar-refractivity contribution in [2.45, 2.75) is 44.4 Å².